The molecule has 1 N–H and O–H groups in total. The number of H-pyrrole nitrogens is 1. The fourth-order valence-electron chi connectivity index (χ4n) is 2.79. The summed E-state index contributed by atoms with van der Waals surface area (Å²) in [5.74, 6) is 0.741. The van der Waals surface area contributed by atoms with Gasteiger partial charge in [0.15, 0.2) is 0 Å². The van der Waals surface area contributed by atoms with Crippen molar-refractivity contribution >= 4 is 33.1 Å². The fraction of sp³-hybridized carbons (Fsp3) is 0.500. The molecule has 0 aromatic carbocycles. The van der Waals surface area contributed by atoms with Crippen molar-refractivity contribution < 1.29 is 14.3 Å². The van der Waals surface area contributed by atoms with Crippen molar-refractivity contribution in [1.82, 2.24) is 14.9 Å². The second kappa shape index (κ2) is 5.70. The summed E-state index contributed by atoms with van der Waals surface area (Å²) in [6.45, 7) is 6.73. The molecule has 0 fully saturated rings. The number of carbonyl (C=O) groups is 1. The number of pyridine rings is 1. The van der Waals surface area contributed by atoms with Gasteiger partial charge in [-0.05, 0) is 36.7 Å². The maximum atomic E-state index is 12.3. The zero-order chi connectivity index (χ0) is 16.8. The Morgan fingerprint density at radius 1 is 1.43 bits per heavy atom. The molecule has 3 heterocycles. The Bertz CT molecular complexity index is 764. The maximum absolute atomic E-state index is 12.3. The van der Waals surface area contributed by atoms with E-state index in [-0.39, 0.29) is 6.09 Å². The number of nitrogens with zero attached hydrogens (tertiary/aromatic N) is 2. The first-order valence-electron chi connectivity index (χ1n) is 7.50. The first kappa shape index (κ1) is 16.1. The van der Waals surface area contributed by atoms with Gasteiger partial charge in [-0.2, -0.15) is 0 Å². The average Bonchev–Trinajstić information content (AvgIpc) is 2.81. The molecule has 0 aliphatic carbocycles. The quantitative estimate of drug-likeness (QED) is 0.765. The normalized spacial score (nSPS) is 14.7. The van der Waals surface area contributed by atoms with E-state index in [9.17, 15) is 4.79 Å². The minimum absolute atomic E-state index is 0.290. The molecule has 2 aromatic heterocycles. The number of hydrogen-bond acceptors (Lipinski definition) is 4. The molecule has 23 heavy (non-hydrogen) atoms. The van der Waals surface area contributed by atoms with E-state index in [2.05, 4.69) is 25.9 Å². The minimum Gasteiger partial charge on any atom is -0.496 e. The van der Waals surface area contributed by atoms with Crippen molar-refractivity contribution in [2.45, 2.75) is 39.3 Å². The van der Waals surface area contributed by atoms with Gasteiger partial charge in [0.1, 0.15) is 21.6 Å². The Kier molecular flexibility index (Phi) is 4.00. The molecule has 0 saturated carbocycles. The van der Waals surface area contributed by atoms with E-state index in [0.29, 0.717) is 17.7 Å². The monoisotopic (exact) mass is 381 g/mol. The number of halogens is 1. The van der Waals surface area contributed by atoms with E-state index >= 15 is 0 Å². The Hall–Kier alpha value is -1.76. The molecule has 1 aliphatic rings. The number of hydrogen-bond donors (Lipinski definition) is 1. The van der Waals surface area contributed by atoms with Crippen molar-refractivity contribution in [3.8, 4) is 5.75 Å². The van der Waals surface area contributed by atoms with Crippen LogP contribution in [0.25, 0.3) is 11.0 Å². The summed E-state index contributed by atoms with van der Waals surface area (Å²) in [5.41, 5.74) is 2.42. The van der Waals surface area contributed by atoms with Crippen molar-refractivity contribution in [3.63, 3.8) is 0 Å². The molecule has 124 valence electrons. The SMILES string of the molecule is COc1cc(Br)nc2[nH]c3c(c12)CN(C(=O)OC(C)(C)C)CC3. The number of amides is 1. The Morgan fingerprint density at radius 2 is 2.17 bits per heavy atom. The Labute approximate surface area is 143 Å². The van der Waals surface area contributed by atoms with Gasteiger partial charge in [-0.1, -0.05) is 0 Å². The van der Waals surface area contributed by atoms with Crippen LogP contribution in [0, 0.1) is 0 Å². The number of rotatable bonds is 1. The first-order valence-corrected chi connectivity index (χ1v) is 8.29. The van der Waals surface area contributed by atoms with Crippen LogP contribution >= 0.6 is 15.9 Å². The highest BCUT2D eigenvalue weighted by Gasteiger charge is 2.29. The van der Waals surface area contributed by atoms with Crippen LogP contribution in [-0.4, -0.2) is 40.2 Å². The maximum Gasteiger partial charge on any atom is 0.410 e. The second-order valence-electron chi connectivity index (χ2n) is 6.60. The molecule has 2 aromatic rings. The van der Waals surface area contributed by atoms with E-state index in [1.807, 2.05) is 26.8 Å². The van der Waals surface area contributed by atoms with E-state index in [4.69, 9.17) is 9.47 Å². The van der Waals surface area contributed by atoms with Gasteiger partial charge in [0.05, 0.1) is 19.0 Å². The lowest BCUT2D eigenvalue weighted by Gasteiger charge is -2.30. The third-order valence-corrected chi connectivity index (χ3v) is 4.15. The van der Waals surface area contributed by atoms with E-state index in [1.165, 1.54) is 0 Å². The van der Waals surface area contributed by atoms with Crippen LogP contribution < -0.4 is 4.74 Å². The predicted octanol–water partition coefficient (Wildman–Crippen LogP) is 3.63. The van der Waals surface area contributed by atoms with Crippen LogP contribution in [0.5, 0.6) is 5.75 Å². The molecule has 1 aliphatic heterocycles. The average molecular weight is 382 g/mol. The molecule has 7 heteroatoms. The van der Waals surface area contributed by atoms with Crippen molar-refractivity contribution in [2.24, 2.45) is 0 Å². The molecule has 3 rings (SSSR count). The summed E-state index contributed by atoms with van der Waals surface area (Å²) >= 11 is 3.39. The van der Waals surface area contributed by atoms with Crippen LogP contribution in [0.4, 0.5) is 4.79 Å². The van der Waals surface area contributed by atoms with Gasteiger partial charge < -0.3 is 19.4 Å². The highest BCUT2D eigenvalue weighted by atomic mass is 79.9. The molecule has 0 saturated heterocycles. The Balaban J connectivity index is 1.97. The summed E-state index contributed by atoms with van der Waals surface area (Å²) in [4.78, 5) is 21.9. The number of aromatic amines is 1. The lowest BCUT2D eigenvalue weighted by atomic mass is 10.1. The van der Waals surface area contributed by atoms with Gasteiger partial charge in [-0.15, -0.1) is 0 Å². The topological polar surface area (TPSA) is 67.5 Å². The van der Waals surface area contributed by atoms with E-state index in [1.54, 1.807) is 12.0 Å². The van der Waals surface area contributed by atoms with E-state index in [0.717, 1.165) is 34.5 Å². The Morgan fingerprint density at radius 3 is 2.83 bits per heavy atom. The van der Waals surface area contributed by atoms with Gasteiger partial charge in [0.25, 0.3) is 0 Å². The lowest BCUT2D eigenvalue weighted by molar-refractivity contribution is 0.0224. The first-order chi connectivity index (χ1) is 10.8. The zero-order valence-corrected chi connectivity index (χ0v) is 15.3. The summed E-state index contributed by atoms with van der Waals surface area (Å²) in [7, 11) is 1.63. The number of carbonyl (C=O) groups excluding carboxylic acids is 1. The smallest absolute Gasteiger partial charge is 0.410 e. The molecule has 0 radical (unpaired) electrons. The number of methoxy groups -OCH3 is 1. The van der Waals surface area contributed by atoms with Crippen molar-refractivity contribution in [1.29, 1.82) is 0 Å². The minimum atomic E-state index is -0.498. The number of ether oxygens (including phenoxy) is 2. The predicted molar refractivity (Wildman–Crippen MR) is 90.7 cm³/mol. The van der Waals surface area contributed by atoms with Gasteiger partial charge >= 0.3 is 6.09 Å². The highest BCUT2D eigenvalue weighted by molar-refractivity contribution is 9.10. The summed E-state index contributed by atoms with van der Waals surface area (Å²) in [6.07, 6.45) is 0.452. The van der Waals surface area contributed by atoms with Crippen molar-refractivity contribution in [3.05, 3.63) is 21.9 Å². The second-order valence-corrected chi connectivity index (χ2v) is 7.42. The van der Waals surface area contributed by atoms with Crippen LogP contribution in [-0.2, 0) is 17.7 Å². The summed E-state index contributed by atoms with van der Waals surface area (Å²) in [5, 5.41) is 0.930. The standard InChI is InChI=1S/C16H20BrN3O3/c1-16(2,3)23-15(21)20-6-5-10-9(8-20)13-11(22-4)7-12(17)19-14(13)18-10/h7H,5-6,8H2,1-4H3,(H,18,19). The largest absolute Gasteiger partial charge is 0.496 e. The van der Waals surface area contributed by atoms with Gasteiger partial charge in [-0.25, -0.2) is 9.78 Å². The molecule has 1 amide bonds. The molecular weight excluding hydrogens is 362 g/mol. The zero-order valence-electron chi connectivity index (χ0n) is 13.7. The molecule has 0 bridgehead atoms. The number of fused-ring (bicyclic) bond motifs is 3. The molecule has 6 nitrogen and oxygen atoms in total. The van der Waals surface area contributed by atoms with Crippen LogP contribution in [0.3, 0.4) is 0 Å². The van der Waals surface area contributed by atoms with Gasteiger partial charge in [0.2, 0.25) is 0 Å². The number of nitrogens with one attached hydrogen (secondary N) is 1. The van der Waals surface area contributed by atoms with Gasteiger partial charge in [-0.3, -0.25) is 0 Å². The molecule has 0 atom stereocenters. The third kappa shape index (κ3) is 3.15. The molecular formula is C16H20BrN3O3. The van der Waals surface area contributed by atoms with Crippen molar-refractivity contribution in [2.75, 3.05) is 13.7 Å². The van der Waals surface area contributed by atoms with Crippen LogP contribution in [0.2, 0.25) is 0 Å². The molecule has 0 spiro atoms. The fourth-order valence-corrected chi connectivity index (χ4v) is 3.18. The summed E-state index contributed by atoms with van der Waals surface area (Å²) in [6, 6.07) is 1.84. The highest BCUT2D eigenvalue weighted by Crippen LogP contribution is 2.35. The van der Waals surface area contributed by atoms with Crippen LogP contribution in [0.15, 0.2) is 10.7 Å². The van der Waals surface area contributed by atoms with Crippen LogP contribution in [0.1, 0.15) is 32.0 Å². The molecule has 0 unspecified atom stereocenters. The number of aromatic nitrogens is 2. The summed E-state index contributed by atoms with van der Waals surface area (Å²) < 4.78 is 11.7. The third-order valence-electron chi connectivity index (χ3n) is 3.74. The van der Waals surface area contributed by atoms with Gasteiger partial charge in [0, 0.05) is 30.3 Å². The van der Waals surface area contributed by atoms with E-state index < -0.39 is 5.60 Å². The lowest BCUT2D eigenvalue weighted by Crippen LogP contribution is -2.39.